The van der Waals surface area contributed by atoms with Crippen molar-refractivity contribution in [2.75, 3.05) is 0 Å². The average molecular weight is 171 g/mol. The fourth-order valence-electron chi connectivity index (χ4n) is 0. The summed E-state index contributed by atoms with van der Waals surface area (Å²) in [6.45, 7) is 0. The molecule has 0 fully saturated rings. The van der Waals surface area contributed by atoms with Gasteiger partial charge in [0.05, 0.1) is 0 Å². The third-order valence-electron chi connectivity index (χ3n) is 0. The van der Waals surface area contributed by atoms with Gasteiger partial charge in [-0.25, -0.2) is 0 Å². The molecule has 0 amide bonds. The minimum Gasteiger partial charge on any atom is -2.00 e. The molecular weight excluding hydrogens is 171 g/mol. The Morgan fingerprint density at radius 3 is 0.500 bits per heavy atom. The summed E-state index contributed by atoms with van der Waals surface area (Å²) in [7, 11) is 0. The standard InChI is InChI=1S/Fe.4O.V/q+3;4*-2;+5. The molecule has 0 rings (SSSR count). The Morgan fingerprint density at radius 1 is 0.500 bits per heavy atom. The first-order chi connectivity index (χ1) is 0. The molecule has 0 saturated carbocycles. The van der Waals surface area contributed by atoms with Gasteiger partial charge in [-0.05, 0) is 0 Å². The van der Waals surface area contributed by atoms with E-state index in [2.05, 4.69) is 0 Å². The van der Waals surface area contributed by atoms with Crippen molar-refractivity contribution in [3.05, 3.63) is 0 Å². The van der Waals surface area contributed by atoms with E-state index in [9.17, 15) is 0 Å². The van der Waals surface area contributed by atoms with Crippen LogP contribution >= 0.6 is 0 Å². The van der Waals surface area contributed by atoms with Crippen LogP contribution in [0.25, 0.3) is 0 Å². The monoisotopic (exact) mass is 171 g/mol. The Balaban J connectivity index is 0. The molecule has 0 bridgehead atoms. The average Bonchev–Trinajstić information content (AvgIpc) is 0. The van der Waals surface area contributed by atoms with Crippen LogP contribution in [0.4, 0.5) is 0 Å². The third kappa shape index (κ3) is 86.3. The van der Waals surface area contributed by atoms with E-state index in [0.29, 0.717) is 0 Å². The molecule has 6 heteroatoms. The van der Waals surface area contributed by atoms with Crippen molar-refractivity contribution >= 4 is 0 Å². The largest absolute Gasteiger partial charge is 5.00 e. The SMILES string of the molecule is [Fe+3].[O-2].[O-2].[O-2].[O-2].[V+5]. The molecule has 0 N–H and O–H groups in total. The van der Waals surface area contributed by atoms with Gasteiger partial charge in [-0.1, -0.05) is 0 Å². The van der Waals surface area contributed by atoms with E-state index < -0.39 is 0 Å². The van der Waals surface area contributed by atoms with Gasteiger partial charge in [0.1, 0.15) is 0 Å². The van der Waals surface area contributed by atoms with Crippen molar-refractivity contribution in [1.29, 1.82) is 0 Å². The molecule has 0 aliphatic heterocycles. The molecular formula is FeO4V. The molecule has 6 heavy (non-hydrogen) atoms. The van der Waals surface area contributed by atoms with Crippen LogP contribution in [-0.4, -0.2) is 0 Å². The summed E-state index contributed by atoms with van der Waals surface area (Å²) >= 11 is 0. The molecule has 0 aromatic carbocycles. The summed E-state index contributed by atoms with van der Waals surface area (Å²) in [5, 5.41) is 0. The summed E-state index contributed by atoms with van der Waals surface area (Å²) in [5.74, 6) is 0. The van der Waals surface area contributed by atoms with Crippen LogP contribution in [0.2, 0.25) is 0 Å². The zero-order valence-electron chi connectivity index (χ0n) is 2.43. The Morgan fingerprint density at radius 2 is 0.500 bits per heavy atom. The van der Waals surface area contributed by atoms with Crippen molar-refractivity contribution in [2.45, 2.75) is 0 Å². The van der Waals surface area contributed by atoms with Crippen LogP contribution in [0.3, 0.4) is 0 Å². The molecule has 0 aliphatic rings. The van der Waals surface area contributed by atoms with Crippen molar-refractivity contribution < 1.29 is 57.5 Å². The van der Waals surface area contributed by atoms with Gasteiger partial charge >= 0.3 is 35.6 Å². The fourth-order valence-corrected chi connectivity index (χ4v) is 0. The number of rotatable bonds is 0. The minimum absolute atomic E-state index is 0. The number of hydrogen-bond acceptors (Lipinski definition) is 0. The van der Waals surface area contributed by atoms with Gasteiger partial charge in [0.2, 0.25) is 0 Å². The van der Waals surface area contributed by atoms with Crippen LogP contribution in [0.5, 0.6) is 0 Å². The van der Waals surface area contributed by atoms with Gasteiger partial charge in [0.15, 0.2) is 0 Å². The van der Waals surface area contributed by atoms with Crippen molar-refractivity contribution in [3.8, 4) is 0 Å². The summed E-state index contributed by atoms with van der Waals surface area (Å²) in [4.78, 5) is 0. The zero-order valence-corrected chi connectivity index (χ0v) is 4.93. The maximum atomic E-state index is 0. The van der Waals surface area contributed by atoms with Crippen LogP contribution in [0.15, 0.2) is 0 Å². The smallest absolute Gasteiger partial charge is 2.00 e. The first-order valence-electron chi connectivity index (χ1n) is 0. The van der Waals surface area contributed by atoms with Crippen LogP contribution < -0.4 is 0 Å². The van der Waals surface area contributed by atoms with E-state index in [-0.39, 0.29) is 57.5 Å². The molecule has 0 spiro atoms. The summed E-state index contributed by atoms with van der Waals surface area (Å²) in [6.07, 6.45) is 0. The Labute approximate surface area is 57.9 Å². The van der Waals surface area contributed by atoms with Crippen molar-refractivity contribution in [1.82, 2.24) is 0 Å². The van der Waals surface area contributed by atoms with Crippen LogP contribution in [0.1, 0.15) is 0 Å². The zero-order chi connectivity index (χ0) is 0. The summed E-state index contributed by atoms with van der Waals surface area (Å²) in [5.41, 5.74) is 0. The van der Waals surface area contributed by atoms with Crippen molar-refractivity contribution in [3.63, 3.8) is 0 Å². The van der Waals surface area contributed by atoms with Crippen LogP contribution in [0, 0.1) is 0 Å². The van der Waals surface area contributed by atoms with E-state index in [1.807, 2.05) is 0 Å². The molecule has 37 valence electrons. The molecule has 0 aliphatic carbocycles. The molecule has 0 unspecified atom stereocenters. The van der Waals surface area contributed by atoms with Gasteiger partial charge in [0.25, 0.3) is 0 Å². The predicted octanol–water partition coefficient (Wildman–Crippen LogP) is -0.480. The normalized spacial score (nSPS) is 0. The van der Waals surface area contributed by atoms with Crippen LogP contribution in [-0.2, 0) is 57.5 Å². The first kappa shape index (κ1) is 275. The second kappa shape index (κ2) is 163. The molecule has 0 heterocycles. The molecule has 0 aromatic rings. The molecule has 1 radical (unpaired) electrons. The van der Waals surface area contributed by atoms with E-state index in [0.717, 1.165) is 0 Å². The Hall–Kier alpha value is 0.944. The van der Waals surface area contributed by atoms with Gasteiger partial charge in [-0.15, -0.1) is 0 Å². The summed E-state index contributed by atoms with van der Waals surface area (Å²) < 4.78 is 0. The molecule has 4 nitrogen and oxygen atoms in total. The summed E-state index contributed by atoms with van der Waals surface area (Å²) in [6, 6.07) is 0. The van der Waals surface area contributed by atoms with E-state index >= 15 is 0 Å². The van der Waals surface area contributed by atoms with Gasteiger partial charge in [-0.3, -0.25) is 0 Å². The van der Waals surface area contributed by atoms with E-state index in [4.69, 9.17) is 0 Å². The topological polar surface area (TPSA) is 114 Å². The maximum absolute atomic E-state index is 0. The minimum atomic E-state index is 0. The van der Waals surface area contributed by atoms with Crippen molar-refractivity contribution in [2.24, 2.45) is 0 Å². The first-order valence-corrected chi connectivity index (χ1v) is 0. The number of hydrogen-bond donors (Lipinski definition) is 0. The Bertz CT molecular complexity index is 7.51. The second-order valence-electron chi connectivity index (χ2n) is 0. The van der Waals surface area contributed by atoms with E-state index in [1.165, 1.54) is 0 Å². The molecule has 0 aromatic heterocycles. The van der Waals surface area contributed by atoms with Gasteiger partial charge in [0, 0.05) is 0 Å². The van der Waals surface area contributed by atoms with E-state index in [1.54, 1.807) is 0 Å². The van der Waals surface area contributed by atoms with Gasteiger partial charge < -0.3 is 21.9 Å². The maximum Gasteiger partial charge on any atom is 5.00 e. The van der Waals surface area contributed by atoms with Gasteiger partial charge in [-0.2, -0.15) is 0 Å². The predicted molar refractivity (Wildman–Crippen MR) is 2.75 cm³/mol. The third-order valence-corrected chi connectivity index (χ3v) is 0. The quantitative estimate of drug-likeness (QED) is 0.437. The molecule has 0 saturated heterocycles. The Kier molecular flexibility index (Phi) is 7480. The second-order valence-corrected chi connectivity index (χ2v) is 0. The molecule has 0 atom stereocenters. The fraction of sp³-hybridized carbons (Fsp3) is 0.